The molecule has 1 unspecified atom stereocenters. The normalized spacial score (nSPS) is 18.0. The van der Waals surface area contributed by atoms with Crippen LogP contribution in [0.1, 0.15) is 24.0 Å². The van der Waals surface area contributed by atoms with Crippen LogP contribution in [-0.2, 0) is 16.1 Å². The van der Waals surface area contributed by atoms with Gasteiger partial charge < -0.3 is 15.8 Å². The summed E-state index contributed by atoms with van der Waals surface area (Å²) in [6.45, 7) is 4.01. The molecular weight excluding hydrogens is 240 g/mol. The number of carbonyl (C=O) groups excluding carboxylic acids is 1. The van der Waals surface area contributed by atoms with Gasteiger partial charge in [0, 0.05) is 19.8 Å². The van der Waals surface area contributed by atoms with Crippen molar-refractivity contribution in [2.45, 2.75) is 32.4 Å². The van der Waals surface area contributed by atoms with Crippen LogP contribution in [0.3, 0.4) is 0 Å². The van der Waals surface area contributed by atoms with Gasteiger partial charge in [0.15, 0.2) is 0 Å². The predicted molar refractivity (Wildman–Crippen MR) is 74.5 cm³/mol. The molecule has 19 heavy (non-hydrogen) atoms. The number of nitrogens with one attached hydrogen (secondary N) is 1. The molecule has 1 aliphatic heterocycles. The summed E-state index contributed by atoms with van der Waals surface area (Å²) in [4.78, 5) is 12.0. The average molecular weight is 262 g/mol. The lowest BCUT2D eigenvalue weighted by Crippen LogP contribution is -2.46. The van der Waals surface area contributed by atoms with Crippen LogP contribution in [0.4, 0.5) is 0 Å². The molecule has 0 aliphatic carbocycles. The number of aryl methyl sites for hydroxylation is 1. The van der Waals surface area contributed by atoms with Crippen molar-refractivity contribution in [2.24, 2.45) is 11.7 Å². The van der Waals surface area contributed by atoms with Crippen molar-refractivity contribution < 1.29 is 9.53 Å². The van der Waals surface area contributed by atoms with E-state index in [1.165, 1.54) is 5.56 Å². The maximum atomic E-state index is 12.0. The minimum Gasteiger partial charge on any atom is -0.381 e. The quantitative estimate of drug-likeness (QED) is 0.861. The summed E-state index contributed by atoms with van der Waals surface area (Å²) in [6, 6.07) is 7.71. The number of carbonyl (C=O) groups is 1. The third-order valence-corrected chi connectivity index (χ3v) is 3.66. The molecule has 1 heterocycles. The van der Waals surface area contributed by atoms with E-state index in [1.54, 1.807) is 0 Å². The van der Waals surface area contributed by atoms with E-state index in [0.29, 0.717) is 19.8 Å². The van der Waals surface area contributed by atoms with Gasteiger partial charge in [0.1, 0.15) is 0 Å². The van der Waals surface area contributed by atoms with E-state index in [4.69, 9.17) is 10.5 Å². The first kappa shape index (κ1) is 14.0. The Morgan fingerprint density at radius 2 is 2.00 bits per heavy atom. The minimum absolute atomic E-state index is 0.0625. The van der Waals surface area contributed by atoms with Crippen LogP contribution in [0.5, 0.6) is 0 Å². The molecular formula is C15H22N2O2. The number of nitrogens with two attached hydrogens (primary N) is 1. The summed E-state index contributed by atoms with van der Waals surface area (Å²) < 4.78 is 5.28. The molecule has 1 aromatic carbocycles. The zero-order chi connectivity index (χ0) is 13.7. The second-order valence-electron chi connectivity index (χ2n) is 5.18. The fourth-order valence-electron chi connectivity index (χ4n) is 2.30. The predicted octanol–water partition coefficient (Wildman–Crippen LogP) is 1.37. The van der Waals surface area contributed by atoms with Crippen molar-refractivity contribution in [3.05, 3.63) is 35.4 Å². The lowest BCUT2D eigenvalue weighted by molar-refractivity contribution is -0.124. The molecule has 2 rings (SSSR count). The van der Waals surface area contributed by atoms with Crippen LogP contribution in [-0.4, -0.2) is 25.2 Å². The Morgan fingerprint density at radius 1 is 1.37 bits per heavy atom. The highest BCUT2D eigenvalue weighted by molar-refractivity contribution is 5.81. The van der Waals surface area contributed by atoms with E-state index in [9.17, 15) is 4.79 Å². The van der Waals surface area contributed by atoms with Crippen LogP contribution in [0, 0.1) is 12.8 Å². The molecule has 0 bridgehead atoms. The summed E-state index contributed by atoms with van der Waals surface area (Å²) in [6.07, 6.45) is 1.75. The number of benzene rings is 1. The molecule has 4 heteroatoms. The zero-order valence-electron chi connectivity index (χ0n) is 11.4. The summed E-state index contributed by atoms with van der Waals surface area (Å²) in [5, 5.41) is 2.91. The lowest BCUT2D eigenvalue weighted by Gasteiger charge is -2.26. The molecule has 0 saturated carbocycles. The van der Waals surface area contributed by atoms with Gasteiger partial charge in [-0.25, -0.2) is 0 Å². The first-order valence-corrected chi connectivity index (χ1v) is 6.83. The molecule has 104 valence electrons. The second kappa shape index (κ2) is 6.68. The van der Waals surface area contributed by atoms with Gasteiger partial charge in [0.2, 0.25) is 5.91 Å². The highest BCUT2D eigenvalue weighted by atomic mass is 16.5. The zero-order valence-corrected chi connectivity index (χ0v) is 11.4. The Bertz CT molecular complexity index is 411. The monoisotopic (exact) mass is 262 g/mol. The fraction of sp³-hybridized carbons (Fsp3) is 0.533. The van der Waals surface area contributed by atoms with E-state index in [2.05, 4.69) is 5.32 Å². The lowest BCUT2D eigenvalue weighted by atomic mass is 9.92. The second-order valence-corrected chi connectivity index (χ2v) is 5.18. The van der Waals surface area contributed by atoms with Crippen LogP contribution < -0.4 is 11.1 Å². The van der Waals surface area contributed by atoms with Gasteiger partial charge >= 0.3 is 0 Å². The number of hydrogen-bond acceptors (Lipinski definition) is 3. The number of amides is 1. The molecule has 1 atom stereocenters. The molecule has 0 radical (unpaired) electrons. The third kappa shape index (κ3) is 4.04. The van der Waals surface area contributed by atoms with Gasteiger partial charge in [-0.05, 0) is 31.2 Å². The van der Waals surface area contributed by atoms with Crippen molar-refractivity contribution in [1.82, 2.24) is 5.32 Å². The summed E-state index contributed by atoms with van der Waals surface area (Å²) >= 11 is 0. The molecule has 1 saturated heterocycles. The third-order valence-electron chi connectivity index (χ3n) is 3.66. The van der Waals surface area contributed by atoms with Crippen LogP contribution >= 0.6 is 0 Å². The Hall–Kier alpha value is -1.39. The van der Waals surface area contributed by atoms with Crippen LogP contribution in [0.2, 0.25) is 0 Å². The van der Waals surface area contributed by atoms with E-state index in [0.717, 1.165) is 18.4 Å². The Kier molecular flexibility index (Phi) is 4.93. The van der Waals surface area contributed by atoms with E-state index in [-0.39, 0.29) is 11.8 Å². The van der Waals surface area contributed by atoms with E-state index in [1.807, 2.05) is 31.2 Å². The van der Waals surface area contributed by atoms with E-state index >= 15 is 0 Å². The largest absolute Gasteiger partial charge is 0.381 e. The molecule has 1 aliphatic rings. The van der Waals surface area contributed by atoms with Crippen molar-refractivity contribution >= 4 is 5.91 Å². The number of rotatable bonds is 4. The minimum atomic E-state index is -0.422. The van der Waals surface area contributed by atoms with Gasteiger partial charge in [-0.1, -0.05) is 29.8 Å². The maximum Gasteiger partial charge on any atom is 0.237 e. The number of hydrogen-bond donors (Lipinski definition) is 2. The summed E-state index contributed by atoms with van der Waals surface area (Å²) in [5.41, 5.74) is 8.32. The van der Waals surface area contributed by atoms with Crippen molar-refractivity contribution in [2.75, 3.05) is 13.2 Å². The van der Waals surface area contributed by atoms with Crippen molar-refractivity contribution in [3.63, 3.8) is 0 Å². The van der Waals surface area contributed by atoms with Gasteiger partial charge in [-0.15, -0.1) is 0 Å². The van der Waals surface area contributed by atoms with Crippen LogP contribution in [0.15, 0.2) is 24.3 Å². The Labute approximate surface area is 114 Å². The SMILES string of the molecule is Cc1ccc(CNC(=O)C(N)C2CCOCC2)cc1. The smallest absolute Gasteiger partial charge is 0.237 e. The van der Waals surface area contributed by atoms with Crippen molar-refractivity contribution in [1.29, 1.82) is 0 Å². The topological polar surface area (TPSA) is 64.4 Å². The highest BCUT2D eigenvalue weighted by Gasteiger charge is 2.26. The Balaban J connectivity index is 1.81. The van der Waals surface area contributed by atoms with Gasteiger partial charge in [-0.2, -0.15) is 0 Å². The Morgan fingerprint density at radius 3 is 2.63 bits per heavy atom. The molecule has 1 amide bonds. The molecule has 1 aromatic rings. The number of ether oxygens (including phenoxy) is 1. The first-order chi connectivity index (χ1) is 9.16. The van der Waals surface area contributed by atoms with Crippen molar-refractivity contribution in [3.8, 4) is 0 Å². The summed E-state index contributed by atoms with van der Waals surface area (Å²) in [5.74, 6) is 0.180. The summed E-state index contributed by atoms with van der Waals surface area (Å²) in [7, 11) is 0. The average Bonchev–Trinajstić information content (AvgIpc) is 2.46. The fourth-order valence-corrected chi connectivity index (χ4v) is 2.30. The first-order valence-electron chi connectivity index (χ1n) is 6.83. The molecule has 3 N–H and O–H groups in total. The molecule has 4 nitrogen and oxygen atoms in total. The highest BCUT2D eigenvalue weighted by Crippen LogP contribution is 2.17. The molecule has 1 fully saturated rings. The molecule has 0 aromatic heterocycles. The molecule has 0 spiro atoms. The van der Waals surface area contributed by atoms with Gasteiger partial charge in [0.25, 0.3) is 0 Å². The standard InChI is InChI=1S/C15H22N2O2/c1-11-2-4-12(5-3-11)10-17-15(18)14(16)13-6-8-19-9-7-13/h2-5,13-14H,6-10,16H2,1H3,(H,17,18). The maximum absolute atomic E-state index is 12.0. The van der Waals surface area contributed by atoms with Crippen LogP contribution in [0.25, 0.3) is 0 Å². The van der Waals surface area contributed by atoms with Gasteiger partial charge in [0.05, 0.1) is 6.04 Å². The van der Waals surface area contributed by atoms with Gasteiger partial charge in [-0.3, -0.25) is 4.79 Å². The van der Waals surface area contributed by atoms with E-state index < -0.39 is 6.04 Å².